The standard InChI is InChI=1S/C12H18ClN3O2S2/c1-3-9-11(13)14-8-15-12(9)16-5-6-19-7-10(16)20(17,18)4-2/h8,10H,3-7H2,1-2H3. The number of nitrogens with zero attached hydrogens (tertiary/aromatic N) is 3. The fraction of sp³-hybridized carbons (Fsp3) is 0.667. The molecule has 8 heteroatoms. The van der Waals surface area contributed by atoms with Crippen molar-refractivity contribution in [3.63, 3.8) is 0 Å². The quantitative estimate of drug-likeness (QED) is 0.784. The number of thioether (sulfide) groups is 1. The molecule has 20 heavy (non-hydrogen) atoms. The fourth-order valence-electron chi connectivity index (χ4n) is 2.25. The van der Waals surface area contributed by atoms with E-state index in [-0.39, 0.29) is 5.75 Å². The second-order valence-corrected chi connectivity index (χ2v) is 8.45. The van der Waals surface area contributed by atoms with Crippen molar-refractivity contribution in [1.29, 1.82) is 0 Å². The van der Waals surface area contributed by atoms with Crippen LogP contribution in [0.15, 0.2) is 6.33 Å². The summed E-state index contributed by atoms with van der Waals surface area (Å²) >= 11 is 7.78. The second kappa shape index (κ2) is 6.49. The normalized spacial score (nSPS) is 20.1. The first-order valence-corrected chi connectivity index (χ1v) is 9.81. The van der Waals surface area contributed by atoms with E-state index in [9.17, 15) is 8.42 Å². The van der Waals surface area contributed by atoms with Crippen LogP contribution in [0.3, 0.4) is 0 Å². The van der Waals surface area contributed by atoms with Crippen molar-refractivity contribution in [3.05, 3.63) is 17.0 Å². The van der Waals surface area contributed by atoms with Gasteiger partial charge in [0.15, 0.2) is 9.84 Å². The van der Waals surface area contributed by atoms with Crippen LogP contribution in [0.2, 0.25) is 5.15 Å². The Morgan fingerprint density at radius 1 is 1.45 bits per heavy atom. The number of hydrogen-bond acceptors (Lipinski definition) is 6. The molecule has 1 fully saturated rings. The molecule has 0 spiro atoms. The van der Waals surface area contributed by atoms with E-state index in [1.807, 2.05) is 11.8 Å². The van der Waals surface area contributed by atoms with Crippen molar-refractivity contribution in [2.24, 2.45) is 0 Å². The monoisotopic (exact) mass is 335 g/mol. The Morgan fingerprint density at radius 2 is 2.20 bits per heavy atom. The number of hydrogen-bond donors (Lipinski definition) is 0. The Morgan fingerprint density at radius 3 is 2.85 bits per heavy atom. The Balaban J connectivity index is 2.46. The molecule has 2 rings (SSSR count). The zero-order valence-electron chi connectivity index (χ0n) is 11.5. The maximum Gasteiger partial charge on any atom is 0.171 e. The number of rotatable bonds is 4. The lowest BCUT2D eigenvalue weighted by atomic mass is 10.2. The Bertz CT molecular complexity index is 580. The van der Waals surface area contributed by atoms with E-state index < -0.39 is 15.2 Å². The third kappa shape index (κ3) is 3.04. The van der Waals surface area contributed by atoms with Gasteiger partial charge in [-0.3, -0.25) is 0 Å². The molecule has 0 saturated carbocycles. The summed E-state index contributed by atoms with van der Waals surface area (Å²) in [7, 11) is -3.15. The van der Waals surface area contributed by atoms with Gasteiger partial charge < -0.3 is 4.90 Å². The summed E-state index contributed by atoms with van der Waals surface area (Å²) in [6, 6.07) is 0. The maximum atomic E-state index is 12.3. The highest BCUT2D eigenvalue weighted by Gasteiger charge is 2.34. The summed E-state index contributed by atoms with van der Waals surface area (Å²) in [6.45, 7) is 4.31. The molecule has 5 nitrogen and oxygen atoms in total. The van der Waals surface area contributed by atoms with Crippen molar-refractivity contribution in [1.82, 2.24) is 9.97 Å². The predicted octanol–water partition coefficient (Wildman–Crippen LogP) is 2.01. The largest absolute Gasteiger partial charge is 0.338 e. The van der Waals surface area contributed by atoms with E-state index in [2.05, 4.69) is 9.97 Å². The van der Waals surface area contributed by atoms with E-state index in [0.29, 0.717) is 29.7 Å². The van der Waals surface area contributed by atoms with Gasteiger partial charge in [0.25, 0.3) is 0 Å². The fourth-order valence-corrected chi connectivity index (χ4v) is 5.48. The second-order valence-electron chi connectivity index (χ2n) is 4.49. The molecule has 1 aliphatic heterocycles. The highest BCUT2D eigenvalue weighted by Crippen LogP contribution is 2.30. The predicted molar refractivity (Wildman–Crippen MR) is 84.3 cm³/mol. The Hall–Kier alpha value is -0.530. The number of aromatic nitrogens is 2. The van der Waals surface area contributed by atoms with Gasteiger partial charge in [0.1, 0.15) is 22.7 Å². The van der Waals surface area contributed by atoms with Crippen LogP contribution in [0.25, 0.3) is 0 Å². The first kappa shape index (κ1) is 15.9. The van der Waals surface area contributed by atoms with Crippen molar-refractivity contribution in [2.45, 2.75) is 25.6 Å². The molecular weight excluding hydrogens is 318 g/mol. The number of sulfone groups is 1. The third-order valence-electron chi connectivity index (χ3n) is 3.40. The lowest BCUT2D eigenvalue weighted by Crippen LogP contribution is -2.48. The van der Waals surface area contributed by atoms with E-state index in [1.54, 1.807) is 18.7 Å². The molecule has 1 atom stereocenters. The first-order valence-electron chi connectivity index (χ1n) is 6.56. The molecule has 0 N–H and O–H groups in total. The van der Waals surface area contributed by atoms with E-state index in [1.165, 1.54) is 6.33 Å². The maximum absolute atomic E-state index is 12.3. The van der Waals surface area contributed by atoms with Gasteiger partial charge in [-0.2, -0.15) is 11.8 Å². The minimum Gasteiger partial charge on any atom is -0.338 e. The van der Waals surface area contributed by atoms with Crippen LogP contribution in [0.1, 0.15) is 19.4 Å². The van der Waals surface area contributed by atoms with Gasteiger partial charge in [0.05, 0.1) is 0 Å². The Kier molecular flexibility index (Phi) is 5.14. The topological polar surface area (TPSA) is 63.2 Å². The van der Waals surface area contributed by atoms with Gasteiger partial charge >= 0.3 is 0 Å². The summed E-state index contributed by atoms with van der Waals surface area (Å²) in [5.41, 5.74) is 0.817. The highest BCUT2D eigenvalue weighted by atomic mass is 35.5. The molecule has 1 saturated heterocycles. The Labute approximate surface area is 129 Å². The van der Waals surface area contributed by atoms with Crippen LogP contribution in [-0.2, 0) is 16.3 Å². The van der Waals surface area contributed by atoms with Gasteiger partial charge in [-0.1, -0.05) is 25.4 Å². The van der Waals surface area contributed by atoms with Crippen LogP contribution in [0.4, 0.5) is 5.82 Å². The summed E-state index contributed by atoms with van der Waals surface area (Å²) in [6.07, 6.45) is 2.08. The first-order chi connectivity index (χ1) is 9.51. The molecule has 0 amide bonds. The molecule has 0 aromatic carbocycles. The van der Waals surface area contributed by atoms with Crippen LogP contribution in [-0.4, -0.2) is 47.6 Å². The van der Waals surface area contributed by atoms with Gasteiger partial charge in [-0.05, 0) is 6.42 Å². The van der Waals surface area contributed by atoms with Crippen LogP contribution >= 0.6 is 23.4 Å². The average molecular weight is 336 g/mol. The van der Waals surface area contributed by atoms with Crippen molar-refractivity contribution < 1.29 is 8.42 Å². The molecule has 0 aliphatic carbocycles. The summed E-state index contributed by atoms with van der Waals surface area (Å²) < 4.78 is 24.6. The summed E-state index contributed by atoms with van der Waals surface area (Å²) in [5.74, 6) is 2.26. The number of anilines is 1. The lowest BCUT2D eigenvalue weighted by Gasteiger charge is -2.36. The van der Waals surface area contributed by atoms with E-state index in [4.69, 9.17) is 11.6 Å². The molecule has 2 heterocycles. The smallest absolute Gasteiger partial charge is 0.171 e. The highest BCUT2D eigenvalue weighted by molar-refractivity contribution is 8.01. The molecule has 0 bridgehead atoms. The van der Waals surface area contributed by atoms with E-state index in [0.717, 1.165) is 11.3 Å². The van der Waals surface area contributed by atoms with Crippen LogP contribution < -0.4 is 4.90 Å². The van der Waals surface area contributed by atoms with Gasteiger partial charge in [-0.15, -0.1) is 0 Å². The minimum absolute atomic E-state index is 0.134. The van der Waals surface area contributed by atoms with Crippen LogP contribution in [0, 0.1) is 0 Å². The summed E-state index contributed by atoms with van der Waals surface area (Å²) in [4.78, 5) is 10.2. The molecule has 1 aromatic heterocycles. The molecule has 112 valence electrons. The molecule has 1 aromatic rings. The van der Waals surface area contributed by atoms with Gasteiger partial charge in [-0.25, -0.2) is 18.4 Å². The zero-order chi connectivity index (χ0) is 14.8. The summed E-state index contributed by atoms with van der Waals surface area (Å²) in [5, 5.41) is -0.120. The molecule has 1 aliphatic rings. The lowest BCUT2D eigenvalue weighted by molar-refractivity contribution is 0.578. The van der Waals surface area contributed by atoms with Crippen LogP contribution in [0.5, 0.6) is 0 Å². The number of halogens is 1. The van der Waals surface area contributed by atoms with E-state index >= 15 is 0 Å². The SMILES string of the molecule is CCc1c(Cl)ncnc1N1CCSCC1S(=O)(=O)CC. The molecular formula is C12H18ClN3O2S2. The third-order valence-corrected chi connectivity index (χ3v) is 7.01. The molecule has 0 radical (unpaired) electrons. The zero-order valence-corrected chi connectivity index (χ0v) is 13.9. The average Bonchev–Trinajstić information content (AvgIpc) is 2.47. The van der Waals surface area contributed by atoms with Crippen molar-refractivity contribution >= 4 is 39.0 Å². The minimum atomic E-state index is -3.15. The van der Waals surface area contributed by atoms with Crippen molar-refractivity contribution in [3.8, 4) is 0 Å². The molecule has 1 unspecified atom stereocenters. The van der Waals surface area contributed by atoms with Gasteiger partial charge in [0.2, 0.25) is 0 Å². The van der Waals surface area contributed by atoms with Gasteiger partial charge in [0, 0.05) is 29.4 Å². The van der Waals surface area contributed by atoms with Crippen molar-refractivity contribution in [2.75, 3.05) is 28.7 Å².